The first kappa shape index (κ1) is 21.2. The summed E-state index contributed by atoms with van der Waals surface area (Å²) >= 11 is 0. The van der Waals surface area contributed by atoms with Crippen molar-refractivity contribution in [3.8, 4) is 11.3 Å². The van der Waals surface area contributed by atoms with Crippen molar-refractivity contribution in [2.45, 2.75) is 25.9 Å². The Morgan fingerprint density at radius 2 is 1.72 bits per heavy atom. The maximum Gasteiger partial charge on any atom is 0.137 e. The van der Waals surface area contributed by atoms with Crippen LogP contribution >= 0.6 is 0 Å². The largest absolute Gasteiger partial charge is 0.381 e. The highest BCUT2D eigenvalue weighted by Gasteiger charge is 2.21. The Bertz CT molecular complexity index is 1040. The maximum atomic E-state index is 5.50. The van der Waals surface area contributed by atoms with Crippen molar-refractivity contribution in [2.24, 2.45) is 0 Å². The van der Waals surface area contributed by atoms with Gasteiger partial charge in [-0.1, -0.05) is 31.2 Å². The first-order valence-corrected chi connectivity index (χ1v) is 11.9. The molecule has 2 saturated heterocycles. The minimum absolute atomic E-state index is 0.380. The molecule has 2 aromatic heterocycles. The standard InChI is InChI=1S/C26H33N5O/c1-3-29-14-16-31(17-15-29)26-23-7-5-4-6-20(23)18-24(28-26)21-8-9-25(27-19-21)30-12-10-22(32-2)11-13-30/h4-9,18-19,22H,3,10-17H2,1-2H3. The van der Waals surface area contributed by atoms with Crippen molar-refractivity contribution in [1.82, 2.24) is 14.9 Å². The number of anilines is 2. The Hall–Kier alpha value is -2.70. The molecule has 6 nitrogen and oxygen atoms in total. The molecule has 2 aliphatic rings. The molecule has 0 amide bonds. The fourth-order valence-electron chi connectivity index (χ4n) is 4.89. The second kappa shape index (κ2) is 9.43. The Morgan fingerprint density at radius 1 is 0.938 bits per heavy atom. The number of nitrogens with zero attached hydrogens (tertiary/aromatic N) is 5. The smallest absolute Gasteiger partial charge is 0.137 e. The van der Waals surface area contributed by atoms with Crippen LogP contribution in [0.5, 0.6) is 0 Å². The number of likely N-dealkylation sites (N-methyl/N-ethyl adjacent to an activating group) is 1. The molecule has 0 bridgehead atoms. The van der Waals surface area contributed by atoms with Gasteiger partial charge in [-0.05, 0) is 43.0 Å². The minimum Gasteiger partial charge on any atom is -0.381 e. The van der Waals surface area contributed by atoms with E-state index in [-0.39, 0.29) is 0 Å². The van der Waals surface area contributed by atoms with Crippen LogP contribution in [0.4, 0.5) is 11.6 Å². The molecule has 3 aromatic rings. The average molecular weight is 432 g/mol. The lowest BCUT2D eigenvalue weighted by atomic mass is 10.1. The molecule has 2 fully saturated rings. The number of rotatable bonds is 5. The summed E-state index contributed by atoms with van der Waals surface area (Å²) in [5, 5.41) is 2.46. The van der Waals surface area contributed by atoms with Crippen LogP contribution in [-0.2, 0) is 4.74 Å². The summed E-state index contributed by atoms with van der Waals surface area (Å²) in [5.74, 6) is 2.14. The van der Waals surface area contributed by atoms with Gasteiger partial charge in [-0.15, -0.1) is 0 Å². The first-order valence-electron chi connectivity index (χ1n) is 11.9. The highest BCUT2D eigenvalue weighted by atomic mass is 16.5. The van der Waals surface area contributed by atoms with E-state index in [2.05, 4.69) is 64.1 Å². The maximum absolute atomic E-state index is 5.50. The second-order valence-electron chi connectivity index (χ2n) is 8.80. The summed E-state index contributed by atoms with van der Waals surface area (Å²) in [6.07, 6.45) is 4.47. The molecule has 0 aliphatic carbocycles. The number of ether oxygens (including phenoxy) is 1. The molecular weight excluding hydrogens is 398 g/mol. The number of benzene rings is 1. The predicted octanol–water partition coefficient (Wildman–Crippen LogP) is 4.05. The number of piperidine rings is 1. The SMILES string of the molecule is CCN1CCN(c2nc(-c3ccc(N4CCC(OC)CC4)nc3)cc3ccccc23)CC1. The summed E-state index contributed by atoms with van der Waals surface area (Å²) < 4.78 is 5.50. The molecule has 0 radical (unpaired) electrons. The van der Waals surface area contributed by atoms with Crippen LogP contribution in [0.15, 0.2) is 48.7 Å². The summed E-state index contributed by atoms with van der Waals surface area (Å²) in [7, 11) is 1.81. The zero-order valence-electron chi connectivity index (χ0n) is 19.2. The molecule has 0 atom stereocenters. The van der Waals surface area contributed by atoms with Crippen molar-refractivity contribution >= 4 is 22.4 Å². The van der Waals surface area contributed by atoms with Gasteiger partial charge in [-0.2, -0.15) is 0 Å². The van der Waals surface area contributed by atoms with Crippen molar-refractivity contribution in [3.63, 3.8) is 0 Å². The molecule has 2 aliphatic heterocycles. The van der Waals surface area contributed by atoms with E-state index in [0.29, 0.717) is 6.10 Å². The van der Waals surface area contributed by atoms with Gasteiger partial charge in [-0.25, -0.2) is 9.97 Å². The Kier molecular flexibility index (Phi) is 6.23. The van der Waals surface area contributed by atoms with Crippen LogP contribution in [0, 0.1) is 0 Å². The number of aromatic nitrogens is 2. The highest BCUT2D eigenvalue weighted by Crippen LogP contribution is 2.31. The summed E-state index contributed by atoms with van der Waals surface area (Å²) in [4.78, 5) is 17.2. The minimum atomic E-state index is 0.380. The number of piperazine rings is 1. The fourth-order valence-corrected chi connectivity index (χ4v) is 4.89. The van der Waals surface area contributed by atoms with Crippen molar-refractivity contribution in [2.75, 3.05) is 62.7 Å². The summed E-state index contributed by atoms with van der Waals surface area (Å²) in [6.45, 7) is 9.55. The van der Waals surface area contributed by atoms with Crippen molar-refractivity contribution < 1.29 is 4.74 Å². The summed E-state index contributed by atoms with van der Waals surface area (Å²) in [5.41, 5.74) is 2.06. The molecule has 32 heavy (non-hydrogen) atoms. The number of hydrogen-bond donors (Lipinski definition) is 0. The van der Waals surface area contributed by atoms with E-state index in [9.17, 15) is 0 Å². The molecular formula is C26H33N5O. The van der Waals surface area contributed by atoms with Crippen LogP contribution in [0.3, 0.4) is 0 Å². The van der Waals surface area contributed by atoms with Crippen molar-refractivity contribution in [1.29, 1.82) is 0 Å². The number of fused-ring (bicyclic) bond motifs is 1. The molecule has 0 unspecified atom stereocenters. The molecule has 0 N–H and O–H groups in total. The van der Waals surface area contributed by atoms with Gasteiger partial charge in [-0.3, -0.25) is 0 Å². The normalized spacial score (nSPS) is 18.4. The van der Waals surface area contributed by atoms with E-state index in [1.165, 1.54) is 10.8 Å². The lowest BCUT2D eigenvalue weighted by molar-refractivity contribution is 0.0818. The van der Waals surface area contributed by atoms with Gasteiger partial charge in [0.25, 0.3) is 0 Å². The second-order valence-corrected chi connectivity index (χ2v) is 8.80. The zero-order valence-corrected chi connectivity index (χ0v) is 19.2. The van der Waals surface area contributed by atoms with Gasteiger partial charge in [0.05, 0.1) is 11.8 Å². The third-order valence-electron chi connectivity index (χ3n) is 6.98. The topological polar surface area (TPSA) is 44.7 Å². The molecule has 4 heterocycles. The van der Waals surface area contributed by atoms with E-state index in [1.54, 1.807) is 0 Å². The molecule has 168 valence electrons. The van der Waals surface area contributed by atoms with Crippen LogP contribution in [0.1, 0.15) is 19.8 Å². The molecule has 6 heteroatoms. The van der Waals surface area contributed by atoms with E-state index in [0.717, 1.165) is 81.5 Å². The quantitative estimate of drug-likeness (QED) is 0.607. The fraction of sp³-hybridized carbons (Fsp3) is 0.462. The molecule has 0 saturated carbocycles. The molecule has 0 spiro atoms. The van der Waals surface area contributed by atoms with E-state index in [4.69, 9.17) is 14.7 Å². The van der Waals surface area contributed by atoms with Crippen LogP contribution in [0.25, 0.3) is 22.0 Å². The zero-order chi connectivity index (χ0) is 21.9. The van der Waals surface area contributed by atoms with Gasteiger partial charge in [0.1, 0.15) is 11.6 Å². The van der Waals surface area contributed by atoms with Gasteiger partial charge in [0.15, 0.2) is 0 Å². The average Bonchev–Trinajstić information content (AvgIpc) is 2.88. The van der Waals surface area contributed by atoms with E-state index >= 15 is 0 Å². The highest BCUT2D eigenvalue weighted by molar-refractivity contribution is 5.95. The molecule has 5 rings (SSSR count). The Balaban J connectivity index is 1.42. The number of pyridine rings is 2. The van der Waals surface area contributed by atoms with Gasteiger partial charge in [0, 0.05) is 63.5 Å². The van der Waals surface area contributed by atoms with Crippen LogP contribution in [-0.4, -0.2) is 73.9 Å². The Morgan fingerprint density at radius 3 is 2.41 bits per heavy atom. The van der Waals surface area contributed by atoms with Crippen LogP contribution < -0.4 is 9.80 Å². The van der Waals surface area contributed by atoms with Gasteiger partial charge >= 0.3 is 0 Å². The lowest BCUT2D eigenvalue weighted by Crippen LogP contribution is -2.46. The van der Waals surface area contributed by atoms with Crippen LogP contribution in [0.2, 0.25) is 0 Å². The van der Waals surface area contributed by atoms with E-state index in [1.807, 2.05) is 13.3 Å². The van der Waals surface area contributed by atoms with Gasteiger partial charge in [0.2, 0.25) is 0 Å². The third kappa shape index (κ3) is 4.30. The predicted molar refractivity (Wildman–Crippen MR) is 132 cm³/mol. The lowest BCUT2D eigenvalue weighted by Gasteiger charge is -2.35. The van der Waals surface area contributed by atoms with E-state index < -0.39 is 0 Å². The van der Waals surface area contributed by atoms with Crippen molar-refractivity contribution in [3.05, 3.63) is 48.7 Å². The van der Waals surface area contributed by atoms with Gasteiger partial charge < -0.3 is 19.4 Å². The number of methoxy groups -OCH3 is 1. The molecule has 1 aromatic carbocycles. The number of hydrogen-bond acceptors (Lipinski definition) is 6. The monoisotopic (exact) mass is 431 g/mol. The first-order chi connectivity index (χ1) is 15.7. The summed E-state index contributed by atoms with van der Waals surface area (Å²) in [6, 6.07) is 15.1. The third-order valence-corrected chi connectivity index (χ3v) is 6.98. The Labute approximate surface area is 190 Å².